The fourth-order valence-corrected chi connectivity index (χ4v) is 6.59. The Labute approximate surface area is 234 Å². The predicted molar refractivity (Wildman–Crippen MR) is 165 cm³/mol. The van der Waals surface area contributed by atoms with Gasteiger partial charge in [0.05, 0.1) is 10.6 Å². The van der Waals surface area contributed by atoms with Crippen molar-refractivity contribution < 1.29 is 4.79 Å². The van der Waals surface area contributed by atoms with Gasteiger partial charge in [0, 0.05) is 54.5 Å². The quantitative estimate of drug-likeness (QED) is 0.239. The lowest BCUT2D eigenvalue weighted by Gasteiger charge is -2.28. The highest BCUT2D eigenvalue weighted by Crippen LogP contribution is 2.36. The fraction of sp³-hybridized carbons (Fsp3) is 0.273. The topological polar surface area (TPSA) is 40.8 Å². The lowest BCUT2D eigenvalue weighted by Crippen LogP contribution is -2.29. The third-order valence-corrected chi connectivity index (χ3v) is 8.55. The molecule has 0 unspecified atom stereocenters. The molecule has 6 heteroatoms. The number of carbonyl (C=O) groups excluding carboxylic acids is 1. The number of hydrogen-bond acceptors (Lipinski definition) is 4. The highest BCUT2D eigenvalue weighted by Gasteiger charge is 2.32. The van der Waals surface area contributed by atoms with Gasteiger partial charge < -0.3 is 9.47 Å². The Balaban J connectivity index is 1.28. The van der Waals surface area contributed by atoms with E-state index in [1.54, 1.807) is 4.90 Å². The number of benzene rings is 3. The van der Waals surface area contributed by atoms with Gasteiger partial charge in [-0.15, -0.1) is 0 Å². The summed E-state index contributed by atoms with van der Waals surface area (Å²) in [5.74, 6) is 0.0155. The molecule has 6 rings (SSSR count). The molecular weight excluding hydrogens is 500 g/mol. The first-order chi connectivity index (χ1) is 19.1. The minimum Gasteiger partial charge on any atom is -0.372 e. The molecule has 4 aromatic rings. The molecule has 2 fully saturated rings. The lowest BCUT2D eigenvalue weighted by atomic mass is 10.1. The lowest BCUT2D eigenvalue weighted by molar-refractivity contribution is -0.122. The van der Waals surface area contributed by atoms with Crippen LogP contribution in [0.4, 0.5) is 11.4 Å². The molecule has 0 aliphatic carbocycles. The van der Waals surface area contributed by atoms with Gasteiger partial charge in [-0.3, -0.25) is 9.69 Å². The van der Waals surface area contributed by atoms with Crippen LogP contribution in [0.1, 0.15) is 42.9 Å². The van der Waals surface area contributed by atoms with Crippen LogP contribution in [0.25, 0.3) is 17.0 Å². The SMILES string of the molecule is CCN1C(=O)/C(=C/c2cn(Cc3cccc(C)c3)c3ccccc23)SC1=Nc1ccc(N2CCCCC2)cc1. The van der Waals surface area contributed by atoms with Crippen LogP contribution in [0.3, 0.4) is 0 Å². The molecule has 0 N–H and O–H groups in total. The Bertz CT molecular complexity index is 1560. The number of nitrogens with zero attached hydrogens (tertiary/aromatic N) is 4. The van der Waals surface area contributed by atoms with E-state index in [1.807, 2.05) is 13.0 Å². The first-order valence-electron chi connectivity index (χ1n) is 13.9. The summed E-state index contributed by atoms with van der Waals surface area (Å²) in [6, 6.07) is 25.5. The molecule has 0 atom stereocenters. The van der Waals surface area contributed by atoms with E-state index < -0.39 is 0 Å². The molecule has 1 amide bonds. The molecule has 3 aromatic carbocycles. The number of para-hydroxylation sites is 1. The number of amidine groups is 1. The van der Waals surface area contributed by atoms with E-state index in [0.717, 1.165) is 47.0 Å². The number of aryl methyl sites for hydroxylation is 1. The van der Waals surface area contributed by atoms with Crippen LogP contribution >= 0.6 is 11.8 Å². The van der Waals surface area contributed by atoms with Crippen LogP contribution in [-0.4, -0.2) is 40.2 Å². The van der Waals surface area contributed by atoms with Crippen LogP contribution in [0, 0.1) is 6.92 Å². The number of likely N-dealkylation sites (N-methyl/N-ethyl adjacent to an activating group) is 1. The molecule has 0 bridgehead atoms. The zero-order chi connectivity index (χ0) is 26.8. The average molecular weight is 535 g/mol. The molecule has 2 aliphatic rings. The predicted octanol–water partition coefficient (Wildman–Crippen LogP) is 7.61. The van der Waals surface area contributed by atoms with Crippen LogP contribution in [0.5, 0.6) is 0 Å². The normalized spacial score (nSPS) is 18.2. The summed E-state index contributed by atoms with van der Waals surface area (Å²) in [5.41, 5.74) is 6.86. The maximum Gasteiger partial charge on any atom is 0.266 e. The van der Waals surface area contributed by atoms with Crippen molar-refractivity contribution in [1.82, 2.24) is 9.47 Å². The Kier molecular flexibility index (Phi) is 7.29. The smallest absolute Gasteiger partial charge is 0.266 e. The Hall–Kier alpha value is -3.77. The maximum absolute atomic E-state index is 13.4. The van der Waals surface area contributed by atoms with Crippen molar-refractivity contribution in [3.8, 4) is 0 Å². The van der Waals surface area contributed by atoms with E-state index in [1.165, 1.54) is 47.8 Å². The van der Waals surface area contributed by atoms with Gasteiger partial charge in [0.15, 0.2) is 5.17 Å². The molecule has 3 heterocycles. The van der Waals surface area contributed by atoms with Crippen LogP contribution in [0.2, 0.25) is 0 Å². The minimum atomic E-state index is 0.0155. The monoisotopic (exact) mass is 534 g/mol. The van der Waals surface area contributed by atoms with Crippen LogP contribution in [0.15, 0.2) is 88.9 Å². The second kappa shape index (κ2) is 11.1. The number of amides is 1. The molecule has 5 nitrogen and oxygen atoms in total. The average Bonchev–Trinajstić information content (AvgIpc) is 3.45. The molecule has 0 saturated carbocycles. The van der Waals surface area contributed by atoms with Crippen molar-refractivity contribution in [2.75, 3.05) is 24.5 Å². The van der Waals surface area contributed by atoms with E-state index in [9.17, 15) is 4.79 Å². The van der Waals surface area contributed by atoms with Gasteiger partial charge in [-0.25, -0.2) is 4.99 Å². The van der Waals surface area contributed by atoms with Crippen LogP contribution in [-0.2, 0) is 11.3 Å². The number of fused-ring (bicyclic) bond motifs is 1. The standard InChI is InChI=1S/C33H34N4OS/c1-3-37-32(38)31(39-33(37)34-27-14-16-28(17-15-27)35-18-7-4-8-19-35)21-26-23-36(30-13-6-5-12-29(26)30)22-25-11-9-10-24(2)20-25/h5-6,9-17,20-21,23H,3-4,7-8,18-19,22H2,1-2H3/b31-21-,34-33?. The van der Waals surface area contributed by atoms with E-state index in [4.69, 9.17) is 4.99 Å². The van der Waals surface area contributed by atoms with Crippen molar-refractivity contribution in [1.29, 1.82) is 0 Å². The highest BCUT2D eigenvalue weighted by molar-refractivity contribution is 8.18. The fourth-order valence-electron chi connectivity index (χ4n) is 5.54. The van der Waals surface area contributed by atoms with Gasteiger partial charge in [0.25, 0.3) is 5.91 Å². The number of piperidine rings is 1. The number of anilines is 1. The summed E-state index contributed by atoms with van der Waals surface area (Å²) in [7, 11) is 0. The summed E-state index contributed by atoms with van der Waals surface area (Å²) < 4.78 is 2.27. The number of thioether (sulfide) groups is 1. The van der Waals surface area contributed by atoms with Gasteiger partial charge >= 0.3 is 0 Å². The van der Waals surface area contributed by atoms with Gasteiger partial charge in [-0.1, -0.05) is 48.0 Å². The summed E-state index contributed by atoms with van der Waals surface area (Å²) >= 11 is 1.46. The minimum absolute atomic E-state index is 0.0155. The Morgan fingerprint density at radius 2 is 1.74 bits per heavy atom. The Morgan fingerprint density at radius 3 is 2.51 bits per heavy atom. The van der Waals surface area contributed by atoms with Gasteiger partial charge in [-0.05, 0) is 86.8 Å². The summed E-state index contributed by atoms with van der Waals surface area (Å²) in [5, 5.41) is 1.88. The maximum atomic E-state index is 13.4. The van der Waals surface area contributed by atoms with Crippen molar-refractivity contribution in [3.63, 3.8) is 0 Å². The largest absolute Gasteiger partial charge is 0.372 e. The van der Waals surface area contributed by atoms with E-state index in [0.29, 0.717) is 11.4 Å². The third kappa shape index (κ3) is 5.39. The van der Waals surface area contributed by atoms with Crippen molar-refractivity contribution in [2.45, 2.75) is 39.7 Å². The van der Waals surface area contributed by atoms with Crippen molar-refractivity contribution in [2.24, 2.45) is 4.99 Å². The Morgan fingerprint density at radius 1 is 0.949 bits per heavy atom. The van der Waals surface area contributed by atoms with Crippen LogP contribution < -0.4 is 4.90 Å². The second-order valence-electron chi connectivity index (χ2n) is 10.3. The second-order valence-corrected chi connectivity index (χ2v) is 11.3. The number of aliphatic imine (C=N–C) groups is 1. The van der Waals surface area contributed by atoms with Gasteiger partial charge in [0.1, 0.15) is 0 Å². The number of aromatic nitrogens is 1. The summed E-state index contributed by atoms with van der Waals surface area (Å²) in [6.45, 7) is 7.74. The molecule has 1 aromatic heterocycles. The summed E-state index contributed by atoms with van der Waals surface area (Å²) in [4.78, 5) is 23.2. The third-order valence-electron chi connectivity index (χ3n) is 7.54. The van der Waals surface area contributed by atoms with Gasteiger partial charge in [-0.2, -0.15) is 0 Å². The first kappa shape index (κ1) is 25.5. The molecule has 0 spiro atoms. The van der Waals surface area contributed by atoms with Gasteiger partial charge in [0.2, 0.25) is 0 Å². The highest BCUT2D eigenvalue weighted by atomic mass is 32.2. The molecule has 2 saturated heterocycles. The zero-order valence-electron chi connectivity index (χ0n) is 22.6. The van der Waals surface area contributed by atoms with Crippen molar-refractivity contribution in [3.05, 3.63) is 101 Å². The molecule has 2 aliphatic heterocycles. The van der Waals surface area contributed by atoms with E-state index >= 15 is 0 Å². The number of hydrogen-bond donors (Lipinski definition) is 0. The first-order valence-corrected chi connectivity index (χ1v) is 14.7. The number of carbonyl (C=O) groups is 1. The van der Waals surface area contributed by atoms with Crippen molar-refractivity contribution >= 4 is 51.2 Å². The van der Waals surface area contributed by atoms with E-state index in [2.05, 4.69) is 95.4 Å². The zero-order valence-corrected chi connectivity index (χ0v) is 23.5. The number of rotatable bonds is 6. The molecule has 39 heavy (non-hydrogen) atoms. The molecule has 198 valence electrons. The summed E-state index contributed by atoms with van der Waals surface area (Å²) in [6.07, 6.45) is 8.04. The molecule has 0 radical (unpaired) electrons. The molecular formula is C33H34N4OS. The van der Waals surface area contributed by atoms with E-state index in [-0.39, 0.29) is 5.91 Å².